The lowest BCUT2D eigenvalue weighted by Crippen LogP contribution is -2.51. The number of carboxylic acid groups (broad SMARTS) is 1. The van der Waals surface area contributed by atoms with Gasteiger partial charge in [0, 0.05) is 12.7 Å². The van der Waals surface area contributed by atoms with Crippen LogP contribution in [0.1, 0.15) is 25.3 Å². The van der Waals surface area contributed by atoms with Gasteiger partial charge in [0.25, 0.3) is 0 Å². The fraction of sp³-hybridized carbons (Fsp3) is 0.353. The van der Waals surface area contributed by atoms with E-state index in [0.717, 1.165) is 17.7 Å². The standard InChI is InChI=1S/C17H19N3O3/c1-17(16(22)23)8-5-9-19(17)15(21)10-13-11-18-20(12-13)14-6-3-2-4-7-14/h2-4,6-7,11-12H,5,8-10H2,1H3,(H,22,23). The molecule has 2 heterocycles. The van der Waals surface area contributed by atoms with Gasteiger partial charge in [0.05, 0.1) is 18.3 Å². The van der Waals surface area contributed by atoms with Crippen molar-refractivity contribution < 1.29 is 14.7 Å². The van der Waals surface area contributed by atoms with Gasteiger partial charge in [-0.3, -0.25) is 4.79 Å². The Bertz CT molecular complexity index is 726. The van der Waals surface area contributed by atoms with E-state index in [4.69, 9.17) is 0 Å². The van der Waals surface area contributed by atoms with Crippen molar-refractivity contribution in [2.45, 2.75) is 31.7 Å². The van der Waals surface area contributed by atoms with Crippen LogP contribution in [0.15, 0.2) is 42.7 Å². The van der Waals surface area contributed by atoms with Crippen molar-refractivity contribution in [1.82, 2.24) is 14.7 Å². The smallest absolute Gasteiger partial charge is 0.329 e. The van der Waals surface area contributed by atoms with Crippen molar-refractivity contribution in [3.05, 3.63) is 48.3 Å². The molecule has 0 aliphatic carbocycles. The van der Waals surface area contributed by atoms with Gasteiger partial charge in [0.2, 0.25) is 5.91 Å². The van der Waals surface area contributed by atoms with Crippen molar-refractivity contribution in [3.8, 4) is 5.69 Å². The monoisotopic (exact) mass is 313 g/mol. The number of rotatable bonds is 4. The quantitative estimate of drug-likeness (QED) is 0.935. The van der Waals surface area contributed by atoms with Gasteiger partial charge < -0.3 is 10.0 Å². The number of carbonyl (C=O) groups excluding carboxylic acids is 1. The summed E-state index contributed by atoms with van der Waals surface area (Å²) in [7, 11) is 0. The van der Waals surface area contributed by atoms with Gasteiger partial charge in [-0.05, 0) is 37.5 Å². The molecule has 23 heavy (non-hydrogen) atoms. The lowest BCUT2D eigenvalue weighted by Gasteiger charge is -2.31. The van der Waals surface area contributed by atoms with Crippen molar-refractivity contribution in [3.63, 3.8) is 0 Å². The van der Waals surface area contributed by atoms with E-state index >= 15 is 0 Å². The van der Waals surface area contributed by atoms with Gasteiger partial charge in [0.1, 0.15) is 5.54 Å². The van der Waals surface area contributed by atoms with Crippen LogP contribution < -0.4 is 0 Å². The predicted molar refractivity (Wildman–Crippen MR) is 84.3 cm³/mol. The highest BCUT2D eigenvalue weighted by molar-refractivity contribution is 5.88. The molecule has 1 aliphatic rings. The van der Waals surface area contributed by atoms with Gasteiger partial charge >= 0.3 is 5.97 Å². The lowest BCUT2D eigenvalue weighted by atomic mass is 9.99. The number of carboxylic acids is 1. The first-order valence-corrected chi connectivity index (χ1v) is 7.63. The molecule has 0 saturated carbocycles. The molecule has 0 radical (unpaired) electrons. The van der Waals surface area contributed by atoms with Gasteiger partial charge in [-0.1, -0.05) is 18.2 Å². The topological polar surface area (TPSA) is 75.4 Å². The molecule has 3 rings (SSSR count). The Kier molecular flexibility index (Phi) is 3.90. The predicted octanol–water partition coefficient (Wildman–Crippen LogP) is 1.88. The van der Waals surface area contributed by atoms with Gasteiger partial charge in [0.15, 0.2) is 0 Å². The highest BCUT2D eigenvalue weighted by atomic mass is 16.4. The molecule has 120 valence electrons. The summed E-state index contributed by atoms with van der Waals surface area (Å²) in [6.07, 6.45) is 4.84. The third-order valence-electron chi connectivity index (χ3n) is 4.41. The van der Waals surface area contributed by atoms with Crippen LogP contribution in [0.4, 0.5) is 0 Å². The maximum Gasteiger partial charge on any atom is 0.329 e. The fourth-order valence-corrected chi connectivity index (χ4v) is 3.03. The summed E-state index contributed by atoms with van der Waals surface area (Å²) in [6, 6.07) is 9.63. The number of aliphatic carboxylic acids is 1. The summed E-state index contributed by atoms with van der Waals surface area (Å²) in [5, 5.41) is 13.7. The molecular weight excluding hydrogens is 294 g/mol. The van der Waals surface area contributed by atoms with Crippen LogP contribution in [-0.4, -0.2) is 43.7 Å². The summed E-state index contributed by atoms with van der Waals surface area (Å²) >= 11 is 0. The van der Waals surface area contributed by atoms with Crippen molar-refractivity contribution >= 4 is 11.9 Å². The Balaban J connectivity index is 1.74. The molecule has 1 aliphatic heterocycles. The first-order chi connectivity index (χ1) is 11.0. The van der Waals surface area contributed by atoms with E-state index in [1.807, 2.05) is 30.3 Å². The summed E-state index contributed by atoms with van der Waals surface area (Å²) in [5.41, 5.74) is 0.605. The number of carbonyl (C=O) groups is 2. The largest absolute Gasteiger partial charge is 0.480 e. The van der Waals surface area contributed by atoms with Crippen LogP contribution in [0.25, 0.3) is 5.69 Å². The molecule has 1 amide bonds. The third-order valence-corrected chi connectivity index (χ3v) is 4.41. The second-order valence-corrected chi connectivity index (χ2v) is 6.03. The summed E-state index contributed by atoms with van der Waals surface area (Å²) in [6.45, 7) is 2.11. The Hall–Kier alpha value is -2.63. The molecule has 1 atom stereocenters. The second kappa shape index (κ2) is 5.87. The average Bonchev–Trinajstić information content (AvgIpc) is 3.15. The minimum atomic E-state index is -1.09. The molecular formula is C17H19N3O3. The highest BCUT2D eigenvalue weighted by Gasteiger charge is 2.45. The van der Waals surface area contributed by atoms with Crippen molar-refractivity contribution in [2.24, 2.45) is 0 Å². The first kappa shape index (κ1) is 15.3. The zero-order chi connectivity index (χ0) is 16.4. The number of benzene rings is 1. The van der Waals surface area contributed by atoms with E-state index < -0.39 is 11.5 Å². The maximum absolute atomic E-state index is 12.5. The molecule has 1 fully saturated rings. The number of para-hydroxylation sites is 1. The molecule has 1 saturated heterocycles. The minimum Gasteiger partial charge on any atom is -0.480 e. The van der Waals surface area contributed by atoms with Gasteiger partial charge in [-0.15, -0.1) is 0 Å². The van der Waals surface area contributed by atoms with Crippen molar-refractivity contribution in [1.29, 1.82) is 0 Å². The Labute approximate surface area is 134 Å². The van der Waals surface area contributed by atoms with E-state index in [-0.39, 0.29) is 12.3 Å². The molecule has 1 N–H and O–H groups in total. The fourth-order valence-electron chi connectivity index (χ4n) is 3.03. The molecule has 2 aromatic rings. The van der Waals surface area contributed by atoms with Crippen LogP contribution in [0, 0.1) is 0 Å². The van der Waals surface area contributed by atoms with E-state index in [2.05, 4.69) is 5.10 Å². The van der Waals surface area contributed by atoms with Gasteiger partial charge in [-0.2, -0.15) is 5.10 Å². The number of amides is 1. The molecule has 1 aromatic carbocycles. The Morgan fingerprint density at radius 2 is 2.04 bits per heavy atom. The number of nitrogens with zero attached hydrogens (tertiary/aromatic N) is 3. The number of hydrogen-bond acceptors (Lipinski definition) is 3. The zero-order valence-electron chi connectivity index (χ0n) is 13.0. The number of likely N-dealkylation sites (tertiary alicyclic amines) is 1. The molecule has 0 spiro atoms. The summed E-state index contributed by atoms with van der Waals surface area (Å²) < 4.78 is 1.71. The third kappa shape index (κ3) is 2.84. The molecule has 6 heteroatoms. The van der Waals surface area contributed by atoms with Crippen LogP contribution >= 0.6 is 0 Å². The molecule has 6 nitrogen and oxygen atoms in total. The highest BCUT2D eigenvalue weighted by Crippen LogP contribution is 2.29. The van der Waals surface area contributed by atoms with E-state index in [1.165, 1.54) is 4.90 Å². The molecule has 1 unspecified atom stereocenters. The van der Waals surface area contributed by atoms with Crippen molar-refractivity contribution in [2.75, 3.05) is 6.54 Å². The average molecular weight is 313 g/mol. The lowest BCUT2D eigenvalue weighted by molar-refractivity contribution is -0.155. The van der Waals surface area contributed by atoms with Crippen LogP contribution in [-0.2, 0) is 16.0 Å². The second-order valence-electron chi connectivity index (χ2n) is 6.03. The van der Waals surface area contributed by atoms with Crippen LogP contribution in [0.5, 0.6) is 0 Å². The molecule has 1 aromatic heterocycles. The zero-order valence-corrected chi connectivity index (χ0v) is 13.0. The Morgan fingerprint density at radius 3 is 2.74 bits per heavy atom. The van der Waals surface area contributed by atoms with E-state index in [0.29, 0.717) is 13.0 Å². The normalized spacial score (nSPS) is 20.7. The summed E-state index contributed by atoms with van der Waals surface area (Å²) in [5.74, 6) is -1.11. The van der Waals surface area contributed by atoms with Crippen LogP contribution in [0.2, 0.25) is 0 Å². The molecule has 0 bridgehead atoms. The van der Waals surface area contributed by atoms with Gasteiger partial charge in [-0.25, -0.2) is 9.48 Å². The summed E-state index contributed by atoms with van der Waals surface area (Å²) in [4.78, 5) is 25.5. The first-order valence-electron chi connectivity index (χ1n) is 7.63. The van der Waals surface area contributed by atoms with E-state index in [1.54, 1.807) is 24.0 Å². The maximum atomic E-state index is 12.5. The minimum absolute atomic E-state index is 0.162. The Morgan fingerprint density at radius 1 is 1.30 bits per heavy atom. The number of aromatic nitrogens is 2. The van der Waals surface area contributed by atoms with Crippen LogP contribution in [0.3, 0.4) is 0 Å². The SMILES string of the molecule is CC1(C(=O)O)CCCN1C(=O)Cc1cnn(-c2ccccc2)c1. The number of hydrogen-bond donors (Lipinski definition) is 1. The van der Waals surface area contributed by atoms with E-state index in [9.17, 15) is 14.7 Å².